The molecule has 2 unspecified atom stereocenters. The van der Waals surface area contributed by atoms with Crippen LogP contribution in [0.2, 0.25) is 0 Å². The lowest BCUT2D eigenvalue weighted by atomic mass is 10.1. The van der Waals surface area contributed by atoms with Crippen molar-refractivity contribution in [1.82, 2.24) is 4.90 Å². The molecule has 1 aromatic carbocycles. The maximum absolute atomic E-state index is 12.5. The second-order valence-electron chi connectivity index (χ2n) is 5.26. The predicted octanol–water partition coefficient (Wildman–Crippen LogP) is 1.15. The fourth-order valence-corrected chi connectivity index (χ4v) is 2.75. The number of benzene rings is 1. The minimum absolute atomic E-state index is 0.0922. The second kappa shape index (κ2) is 5.73. The molecule has 21 heavy (non-hydrogen) atoms. The first-order valence-corrected chi connectivity index (χ1v) is 7.04. The number of carboxylic acid groups (broad SMARTS) is 1. The number of para-hydroxylation sites is 1. The van der Waals surface area contributed by atoms with Gasteiger partial charge in [-0.25, -0.2) is 4.79 Å². The molecule has 2 aliphatic heterocycles. The Kier molecular flexibility index (Phi) is 3.79. The number of amides is 1. The third-order valence-corrected chi connectivity index (χ3v) is 3.83. The van der Waals surface area contributed by atoms with Crippen molar-refractivity contribution in [3.63, 3.8) is 0 Å². The summed E-state index contributed by atoms with van der Waals surface area (Å²) >= 11 is 0. The Bertz CT molecular complexity index is 559. The van der Waals surface area contributed by atoms with Gasteiger partial charge >= 0.3 is 5.97 Å². The number of ether oxygens (including phenoxy) is 2. The average molecular weight is 291 g/mol. The van der Waals surface area contributed by atoms with E-state index in [0.29, 0.717) is 43.9 Å². The van der Waals surface area contributed by atoms with Gasteiger partial charge in [0.05, 0.1) is 18.2 Å². The Morgan fingerprint density at radius 2 is 2.14 bits per heavy atom. The zero-order valence-corrected chi connectivity index (χ0v) is 11.5. The summed E-state index contributed by atoms with van der Waals surface area (Å²) in [6.07, 6.45) is 0.180. The van der Waals surface area contributed by atoms with E-state index in [9.17, 15) is 9.59 Å². The van der Waals surface area contributed by atoms with Crippen molar-refractivity contribution < 1.29 is 24.2 Å². The second-order valence-corrected chi connectivity index (χ2v) is 5.26. The lowest BCUT2D eigenvalue weighted by Crippen LogP contribution is -2.39. The fraction of sp³-hybridized carbons (Fsp3) is 0.467. The average Bonchev–Trinajstić information content (AvgIpc) is 2.89. The molecule has 1 saturated heterocycles. The molecule has 0 spiro atoms. The van der Waals surface area contributed by atoms with E-state index < -0.39 is 12.1 Å². The van der Waals surface area contributed by atoms with E-state index in [-0.39, 0.29) is 12.0 Å². The van der Waals surface area contributed by atoms with Gasteiger partial charge in [-0.2, -0.15) is 0 Å². The number of carbonyl (C=O) groups is 2. The highest BCUT2D eigenvalue weighted by Gasteiger charge is 2.33. The van der Waals surface area contributed by atoms with Crippen LogP contribution < -0.4 is 4.74 Å². The molecule has 0 bridgehead atoms. The largest absolute Gasteiger partial charge is 0.491 e. The maximum atomic E-state index is 12.5. The molecule has 3 rings (SSSR count). The number of hydrogen-bond donors (Lipinski definition) is 1. The van der Waals surface area contributed by atoms with Crippen LogP contribution in [0.5, 0.6) is 5.75 Å². The van der Waals surface area contributed by atoms with E-state index in [1.54, 1.807) is 23.1 Å². The van der Waals surface area contributed by atoms with Crippen molar-refractivity contribution in [2.45, 2.75) is 25.0 Å². The highest BCUT2D eigenvalue weighted by atomic mass is 16.5. The molecular formula is C15H17NO5. The molecule has 0 saturated carbocycles. The summed E-state index contributed by atoms with van der Waals surface area (Å²) < 4.78 is 11.0. The first-order chi connectivity index (χ1) is 10.1. The van der Waals surface area contributed by atoms with Crippen LogP contribution in [0, 0.1) is 0 Å². The van der Waals surface area contributed by atoms with E-state index in [1.807, 2.05) is 6.07 Å². The molecule has 2 aliphatic rings. The fourth-order valence-electron chi connectivity index (χ4n) is 2.75. The van der Waals surface area contributed by atoms with Gasteiger partial charge in [-0.1, -0.05) is 12.1 Å². The molecule has 1 N–H and O–H groups in total. The van der Waals surface area contributed by atoms with Gasteiger partial charge in [-0.3, -0.25) is 4.79 Å². The third kappa shape index (κ3) is 2.85. The van der Waals surface area contributed by atoms with Crippen LogP contribution in [0.4, 0.5) is 0 Å². The smallest absolute Gasteiger partial charge is 0.332 e. The first-order valence-electron chi connectivity index (χ1n) is 7.04. The zero-order chi connectivity index (χ0) is 14.8. The molecule has 6 heteroatoms. The zero-order valence-electron chi connectivity index (χ0n) is 11.5. The Hall–Kier alpha value is -2.08. The highest BCUT2D eigenvalue weighted by molar-refractivity contribution is 5.97. The summed E-state index contributed by atoms with van der Waals surface area (Å²) in [6, 6.07) is 7.16. The molecule has 2 heterocycles. The van der Waals surface area contributed by atoms with Gasteiger partial charge in [0.1, 0.15) is 12.4 Å². The number of nitrogens with zero attached hydrogens (tertiary/aromatic N) is 1. The Balaban J connectivity index is 1.69. The molecule has 1 amide bonds. The van der Waals surface area contributed by atoms with Crippen molar-refractivity contribution in [1.29, 1.82) is 0 Å². The van der Waals surface area contributed by atoms with Crippen molar-refractivity contribution in [2.24, 2.45) is 0 Å². The molecule has 6 nitrogen and oxygen atoms in total. The van der Waals surface area contributed by atoms with E-state index in [1.165, 1.54) is 0 Å². The third-order valence-electron chi connectivity index (χ3n) is 3.83. The molecule has 0 aliphatic carbocycles. The molecule has 1 aromatic rings. The van der Waals surface area contributed by atoms with Crippen molar-refractivity contribution in [3.05, 3.63) is 29.8 Å². The number of carboxylic acids is 1. The van der Waals surface area contributed by atoms with Crippen LogP contribution in [0.1, 0.15) is 23.2 Å². The molecule has 2 atom stereocenters. The van der Waals surface area contributed by atoms with Crippen molar-refractivity contribution in [3.8, 4) is 5.75 Å². The standard InChI is InChI=1S/C15H17NO5/c17-14-11-3-1-2-4-12(11)20-8-7-16(14)9-10-5-6-13(21-10)15(18)19/h1-4,10,13H,5-9H2,(H,18,19). The van der Waals surface area contributed by atoms with Crippen LogP contribution in [0.25, 0.3) is 0 Å². The monoisotopic (exact) mass is 291 g/mol. The van der Waals surface area contributed by atoms with Crippen molar-refractivity contribution in [2.75, 3.05) is 19.7 Å². The van der Waals surface area contributed by atoms with E-state index in [4.69, 9.17) is 14.6 Å². The molecular weight excluding hydrogens is 274 g/mol. The van der Waals surface area contributed by atoms with Crippen LogP contribution in [0.3, 0.4) is 0 Å². The number of rotatable bonds is 3. The lowest BCUT2D eigenvalue weighted by molar-refractivity contribution is -0.149. The summed E-state index contributed by atoms with van der Waals surface area (Å²) in [5, 5.41) is 8.94. The summed E-state index contributed by atoms with van der Waals surface area (Å²) in [4.78, 5) is 25.1. The number of hydrogen-bond acceptors (Lipinski definition) is 4. The van der Waals surface area contributed by atoms with Gasteiger partial charge in [0.15, 0.2) is 6.10 Å². The van der Waals surface area contributed by atoms with Crippen molar-refractivity contribution >= 4 is 11.9 Å². The predicted molar refractivity (Wildman–Crippen MR) is 73.4 cm³/mol. The van der Waals surface area contributed by atoms with Crippen LogP contribution in [-0.4, -0.2) is 53.8 Å². The molecule has 0 radical (unpaired) electrons. The molecule has 1 fully saturated rings. The van der Waals surface area contributed by atoms with Gasteiger partial charge in [-0.05, 0) is 25.0 Å². The Morgan fingerprint density at radius 1 is 1.33 bits per heavy atom. The molecule has 112 valence electrons. The summed E-state index contributed by atoms with van der Waals surface area (Å²) in [7, 11) is 0. The quantitative estimate of drug-likeness (QED) is 0.904. The summed E-state index contributed by atoms with van der Waals surface area (Å²) in [5.74, 6) is -0.431. The summed E-state index contributed by atoms with van der Waals surface area (Å²) in [6.45, 7) is 1.31. The molecule has 0 aromatic heterocycles. The normalized spacial score (nSPS) is 25.1. The number of fused-ring (bicyclic) bond motifs is 1. The number of aliphatic carboxylic acids is 1. The van der Waals surface area contributed by atoms with E-state index in [2.05, 4.69) is 0 Å². The maximum Gasteiger partial charge on any atom is 0.332 e. The minimum Gasteiger partial charge on any atom is -0.491 e. The van der Waals surface area contributed by atoms with Crippen LogP contribution in [0.15, 0.2) is 24.3 Å². The minimum atomic E-state index is -0.937. The van der Waals surface area contributed by atoms with Crippen LogP contribution in [-0.2, 0) is 9.53 Å². The van der Waals surface area contributed by atoms with Gasteiger partial charge in [0, 0.05) is 6.54 Å². The topological polar surface area (TPSA) is 76.1 Å². The highest BCUT2D eigenvalue weighted by Crippen LogP contribution is 2.25. The number of carbonyl (C=O) groups excluding carboxylic acids is 1. The Labute approximate surface area is 122 Å². The lowest BCUT2D eigenvalue weighted by Gasteiger charge is -2.23. The summed E-state index contributed by atoms with van der Waals surface area (Å²) in [5.41, 5.74) is 0.544. The van der Waals surface area contributed by atoms with Gasteiger partial charge < -0.3 is 19.5 Å². The van der Waals surface area contributed by atoms with E-state index >= 15 is 0 Å². The van der Waals surface area contributed by atoms with Gasteiger partial charge in [0.25, 0.3) is 5.91 Å². The Morgan fingerprint density at radius 3 is 2.90 bits per heavy atom. The van der Waals surface area contributed by atoms with Crippen LogP contribution >= 0.6 is 0 Å². The SMILES string of the molecule is O=C(O)C1CCC(CN2CCOc3ccccc3C2=O)O1. The van der Waals surface area contributed by atoms with Gasteiger partial charge in [0.2, 0.25) is 0 Å². The first kappa shape index (κ1) is 13.9. The van der Waals surface area contributed by atoms with Gasteiger partial charge in [-0.15, -0.1) is 0 Å². The van der Waals surface area contributed by atoms with E-state index in [0.717, 1.165) is 0 Å².